The fraction of sp³-hybridized carbons (Fsp3) is 0.455. The minimum atomic E-state index is -0.715. The van der Waals surface area contributed by atoms with Gasteiger partial charge in [0, 0.05) is 6.07 Å². The molecule has 0 saturated heterocycles. The summed E-state index contributed by atoms with van der Waals surface area (Å²) in [5, 5.41) is 19.3. The molecule has 1 aromatic heterocycles. The van der Waals surface area contributed by atoms with E-state index in [1.165, 1.54) is 12.1 Å². The highest BCUT2D eigenvalue weighted by molar-refractivity contribution is 7.17. The van der Waals surface area contributed by atoms with E-state index in [4.69, 9.17) is 5.26 Å². The Kier molecular flexibility index (Phi) is 4.35. The second-order valence-electron chi connectivity index (χ2n) is 4.07. The Balaban J connectivity index is 2.87. The van der Waals surface area contributed by atoms with Crippen LogP contribution in [0.4, 0.5) is 5.00 Å². The molecule has 0 aliphatic carbocycles. The van der Waals surface area contributed by atoms with Crippen LogP contribution >= 0.6 is 11.3 Å². The van der Waals surface area contributed by atoms with Crippen molar-refractivity contribution >= 4 is 22.1 Å². The largest absolute Gasteiger partial charge is 0.324 e. The fourth-order valence-electron chi connectivity index (χ4n) is 1.42. The van der Waals surface area contributed by atoms with E-state index in [0.29, 0.717) is 6.42 Å². The molecule has 0 N–H and O–H groups in total. The minimum Gasteiger partial charge on any atom is -0.292 e. The van der Waals surface area contributed by atoms with E-state index in [-0.39, 0.29) is 21.6 Å². The first-order valence-electron chi connectivity index (χ1n) is 5.13. The second kappa shape index (κ2) is 5.55. The summed E-state index contributed by atoms with van der Waals surface area (Å²) in [5.41, 5.74) is 0. The van der Waals surface area contributed by atoms with Crippen molar-refractivity contribution in [1.29, 1.82) is 5.26 Å². The zero-order chi connectivity index (χ0) is 13.0. The zero-order valence-corrected chi connectivity index (χ0v) is 10.4. The highest BCUT2D eigenvalue weighted by Crippen LogP contribution is 2.27. The molecule has 0 fully saturated rings. The standard InChI is InChI=1S/C11H12N2O3S/c1-7(2)5-8(6-12)11(14)9-3-4-10(17-9)13(15)16/h3-4,7-8H,5H2,1-2H3. The van der Waals surface area contributed by atoms with Gasteiger partial charge in [-0.15, -0.1) is 0 Å². The lowest BCUT2D eigenvalue weighted by molar-refractivity contribution is -0.380. The summed E-state index contributed by atoms with van der Waals surface area (Å²) in [5.74, 6) is -0.800. The number of hydrogen-bond donors (Lipinski definition) is 0. The Morgan fingerprint density at radius 2 is 2.24 bits per heavy atom. The topological polar surface area (TPSA) is 84.0 Å². The average molecular weight is 252 g/mol. The van der Waals surface area contributed by atoms with Gasteiger partial charge < -0.3 is 0 Å². The third-order valence-corrected chi connectivity index (χ3v) is 3.25. The molecule has 1 aromatic rings. The molecule has 0 saturated carbocycles. The van der Waals surface area contributed by atoms with Crippen LogP contribution in [0.25, 0.3) is 0 Å². The first kappa shape index (κ1) is 13.3. The smallest absolute Gasteiger partial charge is 0.292 e. The van der Waals surface area contributed by atoms with Gasteiger partial charge >= 0.3 is 5.00 Å². The van der Waals surface area contributed by atoms with Gasteiger partial charge in [0.25, 0.3) is 0 Å². The van der Waals surface area contributed by atoms with Crippen LogP contribution in [0, 0.1) is 33.3 Å². The van der Waals surface area contributed by atoms with E-state index in [2.05, 4.69) is 0 Å². The highest BCUT2D eigenvalue weighted by Gasteiger charge is 2.24. The lowest BCUT2D eigenvalue weighted by atomic mass is 9.94. The van der Waals surface area contributed by atoms with Crippen LogP contribution < -0.4 is 0 Å². The molecular weight excluding hydrogens is 240 g/mol. The van der Waals surface area contributed by atoms with Crippen molar-refractivity contribution in [3.05, 3.63) is 27.1 Å². The van der Waals surface area contributed by atoms with Gasteiger partial charge in [-0.25, -0.2) is 0 Å². The van der Waals surface area contributed by atoms with E-state index in [1.54, 1.807) is 0 Å². The molecule has 1 rings (SSSR count). The predicted molar refractivity (Wildman–Crippen MR) is 63.9 cm³/mol. The molecule has 0 aliphatic heterocycles. The van der Waals surface area contributed by atoms with E-state index >= 15 is 0 Å². The van der Waals surface area contributed by atoms with Crippen molar-refractivity contribution in [2.24, 2.45) is 11.8 Å². The Labute approximate surface area is 103 Å². The highest BCUT2D eigenvalue weighted by atomic mass is 32.1. The number of carbonyl (C=O) groups is 1. The minimum absolute atomic E-state index is 0.0745. The van der Waals surface area contributed by atoms with Gasteiger partial charge in [0.2, 0.25) is 0 Å². The van der Waals surface area contributed by atoms with Crippen molar-refractivity contribution in [2.75, 3.05) is 0 Å². The lowest BCUT2D eigenvalue weighted by Gasteiger charge is -2.08. The molecule has 90 valence electrons. The van der Waals surface area contributed by atoms with Crippen molar-refractivity contribution in [1.82, 2.24) is 0 Å². The maximum absolute atomic E-state index is 11.9. The van der Waals surface area contributed by atoms with Crippen molar-refractivity contribution < 1.29 is 9.72 Å². The Bertz CT molecular complexity index is 473. The summed E-state index contributed by atoms with van der Waals surface area (Å²) >= 11 is 0.820. The van der Waals surface area contributed by atoms with Crippen LogP contribution in [-0.2, 0) is 0 Å². The molecular formula is C11H12N2O3S. The summed E-state index contributed by atoms with van der Waals surface area (Å²) in [7, 11) is 0. The lowest BCUT2D eigenvalue weighted by Crippen LogP contribution is -2.14. The molecule has 17 heavy (non-hydrogen) atoms. The Morgan fingerprint density at radius 1 is 1.59 bits per heavy atom. The van der Waals surface area contributed by atoms with Gasteiger partial charge in [0.05, 0.1) is 15.9 Å². The number of hydrogen-bond acceptors (Lipinski definition) is 5. The molecule has 1 unspecified atom stereocenters. The Morgan fingerprint density at radius 3 is 2.65 bits per heavy atom. The molecule has 1 atom stereocenters. The van der Waals surface area contributed by atoms with Gasteiger partial charge in [0.1, 0.15) is 5.92 Å². The van der Waals surface area contributed by atoms with Gasteiger partial charge in [-0.1, -0.05) is 25.2 Å². The fourth-order valence-corrected chi connectivity index (χ4v) is 2.23. The van der Waals surface area contributed by atoms with Crippen LogP contribution in [0.2, 0.25) is 0 Å². The summed E-state index contributed by atoms with van der Waals surface area (Å²) in [4.78, 5) is 22.2. The van der Waals surface area contributed by atoms with Crippen molar-refractivity contribution in [2.45, 2.75) is 20.3 Å². The third kappa shape index (κ3) is 3.36. The second-order valence-corrected chi connectivity index (χ2v) is 5.13. The van der Waals surface area contributed by atoms with E-state index < -0.39 is 10.8 Å². The maximum Gasteiger partial charge on any atom is 0.324 e. The number of nitro groups is 1. The van der Waals surface area contributed by atoms with Crippen LogP contribution in [0.5, 0.6) is 0 Å². The van der Waals surface area contributed by atoms with Crippen LogP contribution in [0.1, 0.15) is 29.9 Å². The number of Topliss-reactive ketones (excluding diaryl/α,β-unsaturated/α-hetero) is 1. The Hall–Kier alpha value is -1.74. The molecule has 0 aliphatic rings. The average Bonchev–Trinajstić information content (AvgIpc) is 2.73. The summed E-state index contributed by atoms with van der Waals surface area (Å²) in [6.45, 7) is 3.85. The SMILES string of the molecule is CC(C)CC(C#N)C(=O)c1ccc([N+](=O)[O-])s1. The number of ketones is 1. The number of nitrogens with zero attached hydrogens (tertiary/aromatic N) is 2. The van der Waals surface area contributed by atoms with Crippen LogP contribution in [-0.4, -0.2) is 10.7 Å². The normalized spacial score (nSPS) is 12.1. The summed E-state index contributed by atoms with van der Waals surface area (Å²) in [6.07, 6.45) is 0.473. The molecule has 0 radical (unpaired) electrons. The van der Waals surface area contributed by atoms with Crippen LogP contribution in [0.3, 0.4) is 0 Å². The van der Waals surface area contributed by atoms with Crippen molar-refractivity contribution in [3.63, 3.8) is 0 Å². The third-order valence-electron chi connectivity index (χ3n) is 2.19. The quantitative estimate of drug-likeness (QED) is 0.458. The van der Waals surface area contributed by atoms with Gasteiger partial charge in [-0.3, -0.25) is 14.9 Å². The van der Waals surface area contributed by atoms with Crippen molar-refractivity contribution in [3.8, 4) is 6.07 Å². The molecule has 5 nitrogen and oxygen atoms in total. The molecule has 0 spiro atoms. The van der Waals surface area contributed by atoms with E-state index in [9.17, 15) is 14.9 Å². The van der Waals surface area contributed by atoms with Gasteiger partial charge in [0.15, 0.2) is 5.78 Å². The molecule has 0 amide bonds. The molecule has 1 heterocycles. The summed E-state index contributed by atoms with van der Waals surface area (Å²) in [6, 6.07) is 4.66. The molecule has 0 aromatic carbocycles. The molecule has 0 bridgehead atoms. The first-order valence-corrected chi connectivity index (χ1v) is 5.95. The number of thiophene rings is 1. The van der Waals surface area contributed by atoms with Crippen LogP contribution in [0.15, 0.2) is 12.1 Å². The zero-order valence-electron chi connectivity index (χ0n) is 9.54. The predicted octanol–water partition coefficient (Wildman–Crippen LogP) is 3.02. The first-order chi connectivity index (χ1) is 7.95. The van der Waals surface area contributed by atoms with E-state index in [1.807, 2.05) is 19.9 Å². The van der Waals surface area contributed by atoms with Gasteiger partial charge in [-0.05, 0) is 18.4 Å². The van der Waals surface area contributed by atoms with Gasteiger partial charge in [-0.2, -0.15) is 5.26 Å². The molecule has 6 heteroatoms. The number of rotatable bonds is 5. The number of nitriles is 1. The maximum atomic E-state index is 11.9. The monoisotopic (exact) mass is 252 g/mol. The van der Waals surface area contributed by atoms with E-state index in [0.717, 1.165) is 11.3 Å². The summed E-state index contributed by atoms with van der Waals surface area (Å²) < 4.78 is 0. The number of carbonyl (C=O) groups excluding carboxylic acids is 1.